The lowest BCUT2D eigenvalue weighted by Crippen LogP contribution is -2.10. The van der Waals surface area contributed by atoms with Crippen molar-refractivity contribution in [3.63, 3.8) is 0 Å². The van der Waals surface area contributed by atoms with E-state index in [0.717, 1.165) is 25.3 Å². The minimum Gasteiger partial charge on any atom is -0.495 e. The van der Waals surface area contributed by atoms with Crippen molar-refractivity contribution >= 4 is 11.4 Å². The van der Waals surface area contributed by atoms with E-state index < -0.39 is 0 Å². The summed E-state index contributed by atoms with van der Waals surface area (Å²) in [4.78, 5) is 0. The second-order valence-corrected chi connectivity index (χ2v) is 3.85. The molecule has 0 radical (unpaired) electrons. The fourth-order valence-electron chi connectivity index (χ4n) is 1.44. The molecule has 0 bridgehead atoms. The maximum Gasteiger partial charge on any atom is 0.143 e. The van der Waals surface area contributed by atoms with Crippen LogP contribution in [0, 0.1) is 0 Å². The number of anilines is 2. The van der Waals surface area contributed by atoms with Gasteiger partial charge in [0.25, 0.3) is 0 Å². The predicted octanol–water partition coefficient (Wildman–Crippen LogP) is 2.51. The van der Waals surface area contributed by atoms with E-state index in [1.807, 2.05) is 18.2 Å². The number of ether oxygens (including phenoxy) is 2. The summed E-state index contributed by atoms with van der Waals surface area (Å²) in [5, 5.41) is 3.26. The minimum atomic E-state index is 0.650. The molecular weight excluding hydrogens is 216 g/mol. The molecule has 0 heterocycles. The number of hydrogen-bond acceptors (Lipinski definition) is 4. The van der Waals surface area contributed by atoms with Crippen molar-refractivity contribution in [2.75, 3.05) is 37.9 Å². The highest BCUT2D eigenvalue weighted by atomic mass is 16.5. The van der Waals surface area contributed by atoms with Crippen LogP contribution < -0.4 is 15.8 Å². The summed E-state index contributed by atoms with van der Waals surface area (Å²) in [6.45, 7) is 4.50. The van der Waals surface area contributed by atoms with Gasteiger partial charge in [-0.05, 0) is 18.6 Å². The third kappa shape index (κ3) is 4.95. The second-order valence-electron chi connectivity index (χ2n) is 3.85. The Hall–Kier alpha value is -1.42. The number of hydrogen-bond donors (Lipinski definition) is 2. The average Bonchev–Trinajstić information content (AvgIpc) is 2.35. The van der Waals surface area contributed by atoms with Gasteiger partial charge in [-0.2, -0.15) is 0 Å². The summed E-state index contributed by atoms with van der Waals surface area (Å²) in [5.74, 6) is 0.696. The van der Waals surface area contributed by atoms with Crippen molar-refractivity contribution in [1.82, 2.24) is 0 Å². The molecule has 0 atom stereocenters. The summed E-state index contributed by atoms with van der Waals surface area (Å²) in [6.07, 6.45) is 2.29. The summed E-state index contributed by atoms with van der Waals surface area (Å²) in [7, 11) is 1.61. The van der Waals surface area contributed by atoms with Crippen LogP contribution in [0.4, 0.5) is 11.4 Å². The first-order chi connectivity index (χ1) is 8.27. The molecular formula is C13H22N2O2. The van der Waals surface area contributed by atoms with Gasteiger partial charge in [0.1, 0.15) is 5.75 Å². The second kappa shape index (κ2) is 7.79. The predicted molar refractivity (Wildman–Crippen MR) is 71.6 cm³/mol. The van der Waals surface area contributed by atoms with Crippen LogP contribution in [-0.4, -0.2) is 26.9 Å². The first-order valence-electron chi connectivity index (χ1n) is 6.03. The molecule has 1 rings (SSSR count). The number of methoxy groups -OCH3 is 1. The molecule has 1 aromatic carbocycles. The quantitative estimate of drug-likeness (QED) is 0.539. The molecule has 0 saturated carbocycles. The van der Waals surface area contributed by atoms with Crippen molar-refractivity contribution < 1.29 is 9.47 Å². The number of nitrogens with one attached hydrogen (secondary N) is 1. The molecule has 4 heteroatoms. The van der Waals surface area contributed by atoms with E-state index >= 15 is 0 Å². The normalized spacial score (nSPS) is 10.2. The van der Waals surface area contributed by atoms with Crippen molar-refractivity contribution in [3.8, 4) is 5.75 Å². The molecule has 0 fully saturated rings. The summed E-state index contributed by atoms with van der Waals surface area (Å²) < 4.78 is 10.6. The first kappa shape index (κ1) is 13.6. The van der Waals surface area contributed by atoms with Crippen LogP contribution in [0.1, 0.15) is 19.8 Å². The van der Waals surface area contributed by atoms with Gasteiger partial charge in [-0.25, -0.2) is 0 Å². The molecule has 0 unspecified atom stereocenters. The fraction of sp³-hybridized carbons (Fsp3) is 0.538. The lowest BCUT2D eigenvalue weighted by Gasteiger charge is -2.10. The number of rotatable bonds is 8. The van der Waals surface area contributed by atoms with Crippen molar-refractivity contribution in [2.45, 2.75) is 19.8 Å². The van der Waals surface area contributed by atoms with Gasteiger partial charge in [-0.15, -0.1) is 0 Å². The molecule has 4 nitrogen and oxygen atoms in total. The monoisotopic (exact) mass is 238 g/mol. The van der Waals surface area contributed by atoms with Gasteiger partial charge in [0.05, 0.1) is 19.4 Å². The Balaban J connectivity index is 2.27. The SMILES string of the molecule is CCCCOCCNc1ccc(N)c(OC)c1. The van der Waals surface area contributed by atoms with E-state index in [9.17, 15) is 0 Å². The molecule has 96 valence electrons. The largest absolute Gasteiger partial charge is 0.495 e. The maximum atomic E-state index is 5.73. The highest BCUT2D eigenvalue weighted by molar-refractivity contribution is 5.61. The number of unbranched alkanes of at least 4 members (excludes halogenated alkanes) is 1. The number of nitrogens with two attached hydrogens (primary N) is 1. The molecule has 0 spiro atoms. The Labute approximate surface area is 103 Å². The van der Waals surface area contributed by atoms with E-state index in [0.29, 0.717) is 18.0 Å². The van der Waals surface area contributed by atoms with Crippen LogP contribution in [0.5, 0.6) is 5.75 Å². The molecule has 0 aromatic heterocycles. The van der Waals surface area contributed by atoms with Crippen LogP contribution in [0.3, 0.4) is 0 Å². The standard InChI is InChI=1S/C13H22N2O2/c1-3-4-8-17-9-7-15-11-5-6-12(14)13(10-11)16-2/h5-6,10,15H,3-4,7-9,14H2,1-2H3. The number of nitrogen functional groups attached to an aromatic ring is 1. The highest BCUT2D eigenvalue weighted by Crippen LogP contribution is 2.24. The smallest absolute Gasteiger partial charge is 0.143 e. The Morgan fingerprint density at radius 1 is 1.29 bits per heavy atom. The van der Waals surface area contributed by atoms with Crippen LogP contribution >= 0.6 is 0 Å². The van der Waals surface area contributed by atoms with Gasteiger partial charge in [0.2, 0.25) is 0 Å². The van der Waals surface area contributed by atoms with Gasteiger partial charge in [-0.1, -0.05) is 13.3 Å². The zero-order chi connectivity index (χ0) is 12.5. The summed E-state index contributed by atoms with van der Waals surface area (Å²) in [5.41, 5.74) is 7.38. The molecule has 0 aliphatic carbocycles. The minimum absolute atomic E-state index is 0.650. The van der Waals surface area contributed by atoms with Crippen LogP contribution in [0.25, 0.3) is 0 Å². The molecule has 17 heavy (non-hydrogen) atoms. The first-order valence-corrected chi connectivity index (χ1v) is 6.03. The summed E-state index contributed by atoms with van der Waals surface area (Å²) >= 11 is 0. The molecule has 0 aliphatic heterocycles. The fourth-order valence-corrected chi connectivity index (χ4v) is 1.44. The molecule has 0 saturated heterocycles. The Kier molecular flexibility index (Phi) is 6.25. The van der Waals surface area contributed by atoms with E-state index in [1.165, 1.54) is 6.42 Å². The van der Waals surface area contributed by atoms with Crippen molar-refractivity contribution in [1.29, 1.82) is 0 Å². The molecule has 0 aliphatic rings. The Morgan fingerprint density at radius 2 is 2.12 bits per heavy atom. The Morgan fingerprint density at radius 3 is 2.82 bits per heavy atom. The highest BCUT2D eigenvalue weighted by Gasteiger charge is 2.00. The van der Waals surface area contributed by atoms with Gasteiger partial charge >= 0.3 is 0 Å². The molecule has 3 N–H and O–H groups in total. The molecule has 1 aromatic rings. The van der Waals surface area contributed by atoms with Gasteiger partial charge in [0, 0.05) is 24.9 Å². The van der Waals surface area contributed by atoms with E-state index in [-0.39, 0.29) is 0 Å². The summed E-state index contributed by atoms with van der Waals surface area (Å²) in [6, 6.07) is 5.66. The lowest BCUT2D eigenvalue weighted by atomic mass is 10.2. The van der Waals surface area contributed by atoms with E-state index in [4.69, 9.17) is 15.2 Å². The van der Waals surface area contributed by atoms with Crippen LogP contribution in [0.15, 0.2) is 18.2 Å². The van der Waals surface area contributed by atoms with Crippen molar-refractivity contribution in [2.24, 2.45) is 0 Å². The topological polar surface area (TPSA) is 56.5 Å². The van der Waals surface area contributed by atoms with E-state index in [1.54, 1.807) is 7.11 Å². The molecule has 0 amide bonds. The number of benzene rings is 1. The van der Waals surface area contributed by atoms with Crippen LogP contribution in [-0.2, 0) is 4.74 Å². The third-order valence-electron chi connectivity index (χ3n) is 2.45. The zero-order valence-corrected chi connectivity index (χ0v) is 10.7. The average molecular weight is 238 g/mol. The maximum absolute atomic E-state index is 5.73. The van der Waals surface area contributed by atoms with Gasteiger partial charge < -0.3 is 20.5 Å². The van der Waals surface area contributed by atoms with Crippen LogP contribution in [0.2, 0.25) is 0 Å². The van der Waals surface area contributed by atoms with Gasteiger partial charge in [0.15, 0.2) is 0 Å². The lowest BCUT2D eigenvalue weighted by molar-refractivity contribution is 0.141. The van der Waals surface area contributed by atoms with Gasteiger partial charge in [-0.3, -0.25) is 0 Å². The third-order valence-corrected chi connectivity index (χ3v) is 2.45. The zero-order valence-electron chi connectivity index (χ0n) is 10.7. The van der Waals surface area contributed by atoms with Crippen molar-refractivity contribution in [3.05, 3.63) is 18.2 Å². The Bertz CT molecular complexity index is 329. The van der Waals surface area contributed by atoms with E-state index in [2.05, 4.69) is 12.2 Å².